The highest BCUT2D eigenvalue weighted by atomic mass is 16.5. The van der Waals surface area contributed by atoms with Crippen LogP contribution in [-0.2, 0) is 6.54 Å². The van der Waals surface area contributed by atoms with Gasteiger partial charge in [0.2, 0.25) is 5.95 Å². The van der Waals surface area contributed by atoms with E-state index in [-0.39, 0.29) is 5.91 Å². The first kappa shape index (κ1) is 18.4. The van der Waals surface area contributed by atoms with Crippen LogP contribution in [-0.4, -0.2) is 23.0 Å². The van der Waals surface area contributed by atoms with Gasteiger partial charge in [-0.15, -0.1) is 0 Å². The van der Waals surface area contributed by atoms with E-state index in [1.54, 1.807) is 7.11 Å². The second-order valence-corrected chi connectivity index (χ2v) is 6.33. The van der Waals surface area contributed by atoms with Crippen LogP contribution in [0.4, 0.5) is 11.6 Å². The van der Waals surface area contributed by atoms with Gasteiger partial charge < -0.3 is 15.4 Å². The maximum absolute atomic E-state index is 12.3. The predicted molar refractivity (Wildman–Crippen MR) is 105 cm³/mol. The number of carbonyl (C=O) groups excluding carboxylic acids is 1. The van der Waals surface area contributed by atoms with E-state index in [1.807, 2.05) is 50.2 Å². The van der Waals surface area contributed by atoms with Crippen molar-refractivity contribution in [3.05, 3.63) is 77.1 Å². The van der Waals surface area contributed by atoms with E-state index >= 15 is 0 Å². The summed E-state index contributed by atoms with van der Waals surface area (Å²) >= 11 is 0. The third-order valence-corrected chi connectivity index (χ3v) is 4.00. The standard InChI is InChI=1S/C21H22N4O2/c1-14-8-15(2)10-18(9-14)25-21-23-12-17(13-24-21)20(26)22-11-16-4-6-19(27-3)7-5-16/h4-10,12-13H,11H2,1-3H3,(H,22,26)(H,23,24,25). The minimum atomic E-state index is -0.219. The molecule has 1 heterocycles. The normalized spacial score (nSPS) is 10.3. The summed E-state index contributed by atoms with van der Waals surface area (Å²) in [5.41, 5.74) is 4.64. The Morgan fingerprint density at radius 2 is 1.63 bits per heavy atom. The van der Waals surface area contributed by atoms with Gasteiger partial charge in [0.05, 0.1) is 12.7 Å². The molecule has 0 fully saturated rings. The molecule has 0 saturated heterocycles. The zero-order valence-electron chi connectivity index (χ0n) is 15.6. The van der Waals surface area contributed by atoms with Gasteiger partial charge in [0.1, 0.15) is 5.75 Å². The molecule has 2 aromatic carbocycles. The molecule has 0 aliphatic heterocycles. The first-order valence-corrected chi connectivity index (χ1v) is 8.62. The van der Waals surface area contributed by atoms with Crippen LogP contribution >= 0.6 is 0 Å². The van der Waals surface area contributed by atoms with Gasteiger partial charge in [-0.1, -0.05) is 18.2 Å². The number of hydrogen-bond donors (Lipinski definition) is 2. The number of carbonyl (C=O) groups is 1. The Bertz CT molecular complexity index is 902. The number of aryl methyl sites for hydroxylation is 2. The smallest absolute Gasteiger partial charge is 0.254 e. The lowest BCUT2D eigenvalue weighted by molar-refractivity contribution is 0.0950. The third kappa shape index (κ3) is 5.04. The van der Waals surface area contributed by atoms with Gasteiger partial charge in [-0.2, -0.15) is 0 Å². The molecule has 0 saturated carbocycles. The molecule has 0 aliphatic carbocycles. The van der Waals surface area contributed by atoms with Gasteiger partial charge in [-0.25, -0.2) is 9.97 Å². The molecular weight excluding hydrogens is 340 g/mol. The number of ether oxygens (including phenoxy) is 1. The van der Waals surface area contributed by atoms with Crippen LogP contribution < -0.4 is 15.4 Å². The molecule has 3 aromatic rings. The van der Waals surface area contributed by atoms with Crippen molar-refractivity contribution < 1.29 is 9.53 Å². The lowest BCUT2D eigenvalue weighted by atomic mass is 10.1. The monoisotopic (exact) mass is 362 g/mol. The zero-order valence-corrected chi connectivity index (χ0v) is 15.6. The van der Waals surface area contributed by atoms with Crippen LogP contribution in [0, 0.1) is 13.8 Å². The molecule has 0 spiro atoms. The summed E-state index contributed by atoms with van der Waals surface area (Å²) in [7, 11) is 1.62. The fourth-order valence-electron chi connectivity index (χ4n) is 2.71. The van der Waals surface area contributed by atoms with E-state index < -0.39 is 0 Å². The Hall–Kier alpha value is -3.41. The summed E-state index contributed by atoms with van der Waals surface area (Å²) < 4.78 is 5.12. The van der Waals surface area contributed by atoms with Crippen LogP contribution in [0.15, 0.2) is 54.9 Å². The van der Waals surface area contributed by atoms with E-state index in [0.717, 1.165) is 28.1 Å². The lowest BCUT2D eigenvalue weighted by Gasteiger charge is -2.08. The molecule has 1 aromatic heterocycles. The van der Waals surface area contributed by atoms with Gasteiger partial charge in [0.25, 0.3) is 5.91 Å². The molecule has 27 heavy (non-hydrogen) atoms. The van der Waals surface area contributed by atoms with Crippen molar-refractivity contribution >= 4 is 17.5 Å². The van der Waals surface area contributed by atoms with Gasteiger partial charge in [0.15, 0.2) is 0 Å². The molecule has 0 radical (unpaired) electrons. The van der Waals surface area contributed by atoms with Crippen LogP contribution in [0.1, 0.15) is 27.0 Å². The van der Waals surface area contributed by atoms with Crippen LogP contribution in [0.3, 0.4) is 0 Å². The second kappa shape index (κ2) is 8.31. The molecule has 138 valence electrons. The van der Waals surface area contributed by atoms with Crippen molar-refractivity contribution in [3.8, 4) is 5.75 Å². The lowest BCUT2D eigenvalue weighted by Crippen LogP contribution is -2.23. The molecule has 2 N–H and O–H groups in total. The number of nitrogens with zero attached hydrogens (tertiary/aromatic N) is 2. The van der Waals surface area contributed by atoms with E-state index in [4.69, 9.17) is 4.74 Å². The highest BCUT2D eigenvalue weighted by Crippen LogP contribution is 2.17. The number of hydrogen-bond acceptors (Lipinski definition) is 5. The Balaban J connectivity index is 1.59. The summed E-state index contributed by atoms with van der Waals surface area (Å²) in [5, 5.41) is 6.01. The zero-order chi connectivity index (χ0) is 19.2. The quantitative estimate of drug-likeness (QED) is 0.698. The Morgan fingerprint density at radius 3 is 2.22 bits per heavy atom. The second-order valence-electron chi connectivity index (χ2n) is 6.33. The maximum atomic E-state index is 12.3. The average Bonchev–Trinajstić information content (AvgIpc) is 2.66. The minimum absolute atomic E-state index is 0.219. The Kier molecular flexibility index (Phi) is 5.66. The molecule has 6 nitrogen and oxygen atoms in total. The third-order valence-electron chi connectivity index (χ3n) is 4.00. The van der Waals surface area contributed by atoms with Crippen LogP contribution in [0.2, 0.25) is 0 Å². The van der Waals surface area contributed by atoms with Crippen LogP contribution in [0.5, 0.6) is 5.75 Å². The van der Waals surface area contributed by atoms with Crippen molar-refractivity contribution in [2.75, 3.05) is 12.4 Å². The summed E-state index contributed by atoms with van der Waals surface area (Å²) in [6.07, 6.45) is 3.03. The molecular formula is C21H22N4O2. The molecule has 6 heteroatoms. The Morgan fingerprint density at radius 1 is 1.00 bits per heavy atom. The molecule has 0 unspecified atom stereocenters. The van der Waals surface area contributed by atoms with Gasteiger partial charge in [-0.3, -0.25) is 4.79 Å². The highest BCUT2D eigenvalue weighted by molar-refractivity contribution is 5.93. The van der Waals surface area contributed by atoms with Crippen molar-refractivity contribution in [1.82, 2.24) is 15.3 Å². The number of amides is 1. The van der Waals surface area contributed by atoms with Crippen molar-refractivity contribution in [3.63, 3.8) is 0 Å². The van der Waals surface area contributed by atoms with Crippen molar-refractivity contribution in [1.29, 1.82) is 0 Å². The number of aromatic nitrogens is 2. The number of methoxy groups -OCH3 is 1. The van der Waals surface area contributed by atoms with E-state index in [2.05, 4.69) is 26.7 Å². The Labute approximate surface area is 158 Å². The molecule has 3 rings (SSSR count). The topological polar surface area (TPSA) is 76.1 Å². The predicted octanol–water partition coefficient (Wildman–Crippen LogP) is 3.78. The fourth-order valence-corrected chi connectivity index (χ4v) is 2.71. The van der Waals surface area contributed by atoms with Crippen molar-refractivity contribution in [2.45, 2.75) is 20.4 Å². The fraction of sp³-hybridized carbons (Fsp3) is 0.190. The number of nitrogens with one attached hydrogen (secondary N) is 2. The van der Waals surface area contributed by atoms with E-state index in [9.17, 15) is 4.79 Å². The average molecular weight is 362 g/mol. The number of benzene rings is 2. The first-order chi connectivity index (χ1) is 13.0. The largest absolute Gasteiger partial charge is 0.497 e. The van der Waals surface area contributed by atoms with Gasteiger partial charge in [-0.05, 0) is 54.8 Å². The molecule has 0 bridgehead atoms. The van der Waals surface area contributed by atoms with E-state index in [1.165, 1.54) is 12.4 Å². The van der Waals surface area contributed by atoms with Gasteiger partial charge >= 0.3 is 0 Å². The molecule has 1 amide bonds. The summed E-state index contributed by atoms with van der Waals surface area (Å²) in [4.78, 5) is 20.7. The summed E-state index contributed by atoms with van der Waals surface area (Å²) in [6.45, 7) is 4.50. The van der Waals surface area contributed by atoms with E-state index in [0.29, 0.717) is 18.1 Å². The van der Waals surface area contributed by atoms with Crippen LogP contribution in [0.25, 0.3) is 0 Å². The van der Waals surface area contributed by atoms with Gasteiger partial charge in [0, 0.05) is 24.6 Å². The first-order valence-electron chi connectivity index (χ1n) is 8.62. The number of rotatable bonds is 6. The SMILES string of the molecule is COc1ccc(CNC(=O)c2cnc(Nc3cc(C)cc(C)c3)nc2)cc1. The summed E-state index contributed by atoms with van der Waals surface area (Å²) in [5.74, 6) is 1.01. The number of anilines is 2. The van der Waals surface area contributed by atoms with Crippen molar-refractivity contribution in [2.24, 2.45) is 0 Å². The highest BCUT2D eigenvalue weighted by Gasteiger charge is 2.08. The molecule has 0 atom stereocenters. The summed E-state index contributed by atoms with van der Waals surface area (Å²) in [6, 6.07) is 13.7. The molecule has 0 aliphatic rings. The maximum Gasteiger partial charge on any atom is 0.254 e. The minimum Gasteiger partial charge on any atom is -0.497 e.